The maximum absolute atomic E-state index is 12.0. The van der Waals surface area contributed by atoms with Crippen LogP contribution in [0, 0.1) is 5.92 Å². The molecule has 50 heavy (non-hydrogen) atoms. The summed E-state index contributed by atoms with van der Waals surface area (Å²) in [4.78, 5) is 23.2. The van der Waals surface area contributed by atoms with Crippen LogP contribution < -0.4 is 21.3 Å². The van der Waals surface area contributed by atoms with Crippen molar-refractivity contribution in [2.24, 2.45) is 5.92 Å². The second kappa shape index (κ2) is 35.7. The molecule has 6 N–H and O–H groups in total. The van der Waals surface area contributed by atoms with E-state index in [1.54, 1.807) is 0 Å². The van der Waals surface area contributed by atoms with Crippen molar-refractivity contribution in [2.75, 3.05) is 98.8 Å². The Labute approximate surface area is 302 Å². The van der Waals surface area contributed by atoms with Gasteiger partial charge in [-0.3, -0.25) is 14.9 Å². The third-order valence-electron chi connectivity index (χ3n) is 8.31. The van der Waals surface area contributed by atoms with E-state index in [9.17, 15) is 19.8 Å². The predicted molar refractivity (Wildman–Crippen MR) is 196 cm³/mol. The van der Waals surface area contributed by atoms with Crippen molar-refractivity contribution < 1.29 is 43.5 Å². The minimum Gasteiger partial charge on any atom is -0.396 e. The van der Waals surface area contributed by atoms with Crippen molar-refractivity contribution in [1.82, 2.24) is 21.3 Å². The first-order valence-electron chi connectivity index (χ1n) is 19.4. The monoisotopic (exact) mass is 717 g/mol. The maximum Gasteiger partial charge on any atom is 0.245 e. The number of rotatable bonds is 37. The van der Waals surface area contributed by atoms with Crippen molar-refractivity contribution in [1.29, 1.82) is 0 Å². The number of nitrogens with one attached hydrogen (secondary N) is 4. The van der Waals surface area contributed by atoms with E-state index in [-0.39, 0.29) is 37.7 Å². The van der Waals surface area contributed by atoms with Crippen LogP contribution in [0.4, 0.5) is 0 Å². The highest BCUT2D eigenvalue weighted by Gasteiger charge is 2.15. The van der Waals surface area contributed by atoms with E-state index in [2.05, 4.69) is 33.4 Å². The summed E-state index contributed by atoms with van der Waals surface area (Å²) in [5.41, 5.74) is 0. The molecule has 1 aliphatic carbocycles. The lowest BCUT2D eigenvalue weighted by molar-refractivity contribution is -0.126. The van der Waals surface area contributed by atoms with Crippen molar-refractivity contribution in [2.45, 2.75) is 109 Å². The Hall–Kier alpha value is -1.68. The number of aliphatic hydroxyl groups excluding tert-OH is 2. The van der Waals surface area contributed by atoms with Gasteiger partial charge in [0.25, 0.3) is 0 Å². The molecular weight excluding hydrogens is 644 g/mol. The first-order valence-corrected chi connectivity index (χ1v) is 19.4. The average molecular weight is 717 g/mol. The number of hydrogen-bond donors (Lipinski definition) is 6. The molecule has 0 aromatic heterocycles. The molecule has 2 amide bonds. The summed E-state index contributed by atoms with van der Waals surface area (Å²) in [6, 6.07) is 0. The SMILES string of the molecule is CCNC(=O)COCCOCCNC(O)COCCOCCNC(=O)CCCCNCCCCCCCCCCCOC1C=CC(CO)CC1. The lowest BCUT2D eigenvalue weighted by Gasteiger charge is -2.21. The fourth-order valence-electron chi connectivity index (χ4n) is 5.38. The minimum absolute atomic E-state index is 0.0249. The van der Waals surface area contributed by atoms with E-state index < -0.39 is 6.23 Å². The number of aliphatic hydroxyl groups is 2. The molecule has 0 bridgehead atoms. The Morgan fingerprint density at radius 1 is 0.680 bits per heavy atom. The number of likely N-dealkylation sites (N-methyl/N-ethyl adjacent to an activating group) is 1. The van der Waals surface area contributed by atoms with Gasteiger partial charge in [-0.25, -0.2) is 0 Å². The third kappa shape index (κ3) is 31.1. The molecule has 0 saturated heterocycles. The van der Waals surface area contributed by atoms with Crippen LogP contribution in [0.5, 0.6) is 0 Å². The molecule has 13 nitrogen and oxygen atoms in total. The zero-order valence-electron chi connectivity index (χ0n) is 31.1. The number of hydrogen-bond acceptors (Lipinski definition) is 11. The summed E-state index contributed by atoms with van der Waals surface area (Å²) in [5.74, 6) is 0.234. The smallest absolute Gasteiger partial charge is 0.245 e. The van der Waals surface area contributed by atoms with E-state index in [1.165, 1.54) is 51.4 Å². The van der Waals surface area contributed by atoms with Crippen LogP contribution in [0.1, 0.15) is 96.8 Å². The number of unbranched alkanes of at least 4 members (excludes halogenated alkanes) is 9. The second-order valence-electron chi connectivity index (χ2n) is 12.8. The van der Waals surface area contributed by atoms with E-state index >= 15 is 0 Å². The van der Waals surface area contributed by atoms with Crippen LogP contribution in [-0.2, 0) is 33.3 Å². The van der Waals surface area contributed by atoms with Gasteiger partial charge in [-0.2, -0.15) is 0 Å². The maximum atomic E-state index is 12.0. The number of carbonyl (C=O) groups excluding carboxylic acids is 2. The van der Waals surface area contributed by atoms with Crippen molar-refractivity contribution in [3.05, 3.63) is 12.2 Å². The summed E-state index contributed by atoms with van der Waals surface area (Å²) < 4.78 is 27.4. The predicted octanol–water partition coefficient (Wildman–Crippen LogP) is 2.83. The molecule has 1 aliphatic rings. The van der Waals surface area contributed by atoms with Gasteiger partial charge in [0, 0.05) is 45.2 Å². The average Bonchev–Trinajstić information content (AvgIpc) is 3.12. The Balaban J connectivity index is 1.71. The summed E-state index contributed by atoms with van der Waals surface area (Å²) in [6.45, 7) is 8.89. The topological polar surface area (TPSA) is 169 Å². The highest BCUT2D eigenvalue weighted by Crippen LogP contribution is 2.19. The van der Waals surface area contributed by atoms with Gasteiger partial charge in [0.05, 0.1) is 52.4 Å². The van der Waals surface area contributed by atoms with Gasteiger partial charge in [0.15, 0.2) is 0 Å². The van der Waals surface area contributed by atoms with Gasteiger partial charge in [0.2, 0.25) is 11.8 Å². The minimum atomic E-state index is -0.803. The van der Waals surface area contributed by atoms with Gasteiger partial charge in [0.1, 0.15) is 12.8 Å². The zero-order valence-corrected chi connectivity index (χ0v) is 31.1. The van der Waals surface area contributed by atoms with Crippen molar-refractivity contribution >= 4 is 11.8 Å². The first-order chi connectivity index (χ1) is 24.5. The highest BCUT2D eigenvalue weighted by molar-refractivity contribution is 5.77. The first kappa shape index (κ1) is 46.3. The highest BCUT2D eigenvalue weighted by atomic mass is 16.5. The summed E-state index contributed by atoms with van der Waals surface area (Å²) in [7, 11) is 0. The number of ether oxygens (including phenoxy) is 5. The molecule has 13 heteroatoms. The van der Waals surface area contributed by atoms with Gasteiger partial charge in [-0.15, -0.1) is 0 Å². The zero-order chi connectivity index (χ0) is 36.2. The van der Waals surface area contributed by atoms with Gasteiger partial charge >= 0.3 is 0 Å². The van der Waals surface area contributed by atoms with Crippen LogP contribution in [0.15, 0.2) is 12.2 Å². The van der Waals surface area contributed by atoms with E-state index in [0.29, 0.717) is 71.6 Å². The molecule has 3 atom stereocenters. The molecule has 3 unspecified atom stereocenters. The molecule has 0 saturated carbocycles. The van der Waals surface area contributed by atoms with Crippen LogP contribution in [0.25, 0.3) is 0 Å². The Morgan fingerprint density at radius 3 is 2.00 bits per heavy atom. The Bertz CT molecular complexity index is 809. The van der Waals surface area contributed by atoms with Gasteiger partial charge in [-0.1, -0.05) is 57.1 Å². The second-order valence-corrected chi connectivity index (χ2v) is 12.8. The van der Waals surface area contributed by atoms with Crippen LogP contribution in [0.3, 0.4) is 0 Å². The molecule has 0 aromatic carbocycles. The van der Waals surface area contributed by atoms with Crippen LogP contribution in [-0.4, -0.2) is 133 Å². The summed E-state index contributed by atoms with van der Waals surface area (Å²) in [6.07, 6.45) is 19.6. The van der Waals surface area contributed by atoms with Crippen molar-refractivity contribution in [3.8, 4) is 0 Å². The third-order valence-corrected chi connectivity index (χ3v) is 8.31. The summed E-state index contributed by atoms with van der Waals surface area (Å²) in [5, 5.41) is 31.0. The largest absolute Gasteiger partial charge is 0.396 e. The molecule has 0 heterocycles. The molecule has 0 spiro atoms. The molecule has 0 aliphatic heterocycles. The molecule has 294 valence electrons. The fourth-order valence-corrected chi connectivity index (χ4v) is 5.38. The normalized spacial score (nSPS) is 16.5. The lowest BCUT2D eigenvalue weighted by atomic mass is 9.95. The quantitative estimate of drug-likeness (QED) is 0.0318. The molecule has 0 aromatic rings. The van der Waals surface area contributed by atoms with Crippen LogP contribution >= 0.6 is 0 Å². The number of carbonyl (C=O) groups is 2. The Morgan fingerprint density at radius 2 is 1.32 bits per heavy atom. The van der Waals surface area contributed by atoms with Gasteiger partial charge in [-0.05, 0) is 58.5 Å². The summed E-state index contributed by atoms with van der Waals surface area (Å²) >= 11 is 0. The molecular formula is C37H72N4O9. The number of amides is 2. The van der Waals surface area contributed by atoms with Crippen LogP contribution in [0.2, 0.25) is 0 Å². The standard InChI is InChI=1S/C37H72N4O9/c1-2-39-36(44)31-48-28-26-47-25-22-41-37(45)32-49-29-27-46-24-21-40-35(43)14-10-12-20-38-19-11-8-6-4-3-5-7-9-13-23-50-34-17-15-33(30-42)16-18-34/h15,17,33-34,37-38,41-42,45H,2-14,16,18-32H2,1H3,(H,39,44)(H,40,43). The Kier molecular flexibility index (Phi) is 33.1. The fraction of sp³-hybridized carbons (Fsp3) is 0.892. The van der Waals surface area contributed by atoms with E-state index in [0.717, 1.165) is 51.8 Å². The molecule has 0 radical (unpaired) electrons. The van der Waals surface area contributed by atoms with Gasteiger partial charge < -0.3 is 49.8 Å². The lowest BCUT2D eigenvalue weighted by Crippen LogP contribution is -2.36. The van der Waals surface area contributed by atoms with Crippen molar-refractivity contribution in [3.63, 3.8) is 0 Å². The molecule has 0 fully saturated rings. The van der Waals surface area contributed by atoms with E-state index in [4.69, 9.17) is 23.7 Å². The van der Waals surface area contributed by atoms with E-state index in [1.807, 2.05) is 6.92 Å². The molecule has 1 rings (SSSR count).